The fourth-order valence-corrected chi connectivity index (χ4v) is 5.05. The summed E-state index contributed by atoms with van der Waals surface area (Å²) in [5.41, 5.74) is 0.256. The lowest BCUT2D eigenvalue weighted by Gasteiger charge is -2.40. The van der Waals surface area contributed by atoms with Crippen LogP contribution in [0, 0.1) is 5.41 Å². The fourth-order valence-electron chi connectivity index (χ4n) is 5.05. The van der Waals surface area contributed by atoms with E-state index < -0.39 is 6.09 Å². The van der Waals surface area contributed by atoms with Crippen LogP contribution in [-0.4, -0.2) is 72.4 Å². The molecule has 0 saturated carbocycles. The lowest BCUT2D eigenvalue weighted by molar-refractivity contribution is -0.139. The Kier molecular flexibility index (Phi) is 5.63. The maximum Gasteiger partial charge on any atom is 0.411 e. The van der Waals surface area contributed by atoms with Crippen LogP contribution in [0.1, 0.15) is 39.0 Å². The van der Waals surface area contributed by atoms with Gasteiger partial charge in [-0.05, 0) is 51.2 Å². The lowest BCUT2D eigenvalue weighted by Crippen LogP contribution is -2.50. The Bertz CT molecular complexity index is 750. The molecule has 0 aromatic carbocycles. The number of carbonyl (C=O) groups excluding carboxylic acids is 1. The van der Waals surface area contributed by atoms with Crippen molar-refractivity contribution >= 4 is 23.5 Å². The topological polar surface area (TPSA) is 86.2 Å². The van der Waals surface area contributed by atoms with Crippen LogP contribution in [0.5, 0.6) is 0 Å². The smallest absolute Gasteiger partial charge is 0.411 e. The third kappa shape index (κ3) is 3.77. The molecule has 2 amide bonds. The van der Waals surface area contributed by atoms with Gasteiger partial charge in [0.1, 0.15) is 5.82 Å². The molecule has 4 heterocycles. The minimum atomic E-state index is -0.983. The molecule has 3 saturated heterocycles. The first-order chi connectivity index (χ1) is 14.0. The minimum Gasteiger partial charge on any atom is -0.465 e. The number of likely N-dealkylation sites (tertiary alicyclic amines) is 1. The van der Waals surface area contributed by atoms with E-state index in [-0.39, 0.29) is 5.41 Å². The van der Waals surface area contributed by atoms with Gasteiger partial charge in [0.05, 0.1) is 17.3 Å². The van der Waals surface area contributed by atoms with Gasteiger partial charge >= 0.3 is 6.09 Å². The van der Waals surface area contributed by atoms with Gasteiger partial charge in [-0.3, -0.25) is 9.69 Å². The Balaban J connectivity index is 1.47. The molecule has 1 N–H and O–H groups in total. The molecule has 29 heavy (non-hydrogen) atoms. The molecule has 0 bridgehead atoms. The Labute approximate surface area is 171 Å². The minimum absolute atomic E-state index is 0.300. The number of rotatable bonds is 4. The van der Waals surface area contributed by atoms with Crippen molar-refractivity contribution in [1.82, 2.24) is 9.88 Å². The standard InChI is InChI=1S/C21H30N4O4/c1-2-24(20(27)28)17-4-5-18(22-14-17)23-10-3-8-21(15-23)9-11-25(19(21)26)16-6-12-29-13-7-16/h4-5,14,16H,2-3,6-13,15H2,1H3,(H,27,28)/t21-/m0/s1. The third-order valence-corrected chi connectivity index (χ3v) is 6.67. The van der Waals surface area contributed by atoms with Crippen molar-refractivity contribution in [1.29, 1.82) is 0 Å². The van der Waals surface area contributed by atoms with Crippen molar-refractivity contribution in [2.45, 2.75) is 45.1 Å². The second-order valence-electron chi connectivity index (χ2n) is 8.30. The molecule has 0 unspecified atom stereocenters. The zero-order chi connectivity index (χ0) is 20.4. The van der Waals surface area contributed by atoms with E-state index >= 15 is 0 Å². The van der Waals surface area contributed by atoms with Gasteiger partial charge in [0.2, 0.25) is 5.91 Å². The van der Waals surface area contributed by atoms with Gasteiger partial charge in [-0.15, -0.1) is 0 Å². The Morgan fingerprint density at radius 3 is 2.76 bits per heavy atom. The Morgan fingerprint density at radius 2 is 2.10 bits per heavy atom. The number of nitrogens with zero attached hydrogens (tertiary/aromatic N) is 4. The molecular weight excluding hydrogens is 372 g/mol. The van der Waals surface area contributed by atoms with E-state index in [9.17, 15) is 14.7 Å². The van der Waals surface area contributed by atoms with E-state index in [1.54, 1.807) is 19.2 Å². The number of anilines is 2. The first kappa shape index (κ1) is 19.9. The van der Waals surface area contributed by atoms with E-state index in [0.717, 1.165) is 64.2 Å². The highest BCUT2D eigenvalue weighted by Crippen LogP contribution is 2.42. The normalized spacial score (nSPS) is 25.6. The number of pyridine rings is 1. The number of ether oxygens (including phenoxy) is 1. The zero-order valence-electron chi connectivity index (χ0n) is 17.0. The van der Waals surface area contributed by atoms with Crippen LogP contribution >= 0.6 is 0 Å². The summed E-state index contributed by atoms with van der Waals surface area (Å²) in [7, 11) is 0. The number of carboxylic acid groups (broad SMARTS) is 1. The van der Waals surface area contributed by atoms with Crippen LogP contribution in [0.4, 0.5) is 16.3 Å². The second kappa shape index (κ2) is 8.18. The largest absolute Gasteiger partial charge is 0.465 e. The van der Waals surface area contributed by atoms with E-state index in [1.165, 1.54) is 4.90 Å². The summed E-state index contributed by atoms with van der Waals surface area (Å²) in [6.07, 6.45) is 5.30. The van der Waals surface area contributed by atoms with Crippen LogP contribution in [-0.2, 0) is 9.53 Å². The summed E-state index contributed by atoms with van der Waals surface area (Å²) in [6.45, 7) is 6.06. The molecular formula is C21H30N4O4. The van der Waals surface area contributed by atoms with Gasteiger partial charge in [0, 0.05) is 45.4 Å². The van der Waals surface area contributed by atoms with Gasteiger partial charge in [0.25, 0.3) is 0 Å². The molecule has 8 heteroatoms. The average molecular weight is 402 g/mol. The van der Waals surface area contributed by atoms with Gasteiger partial charge in [-0.25, -0.2) is 9.78 Å². The highest BCUT2D eigenvalue weighted by molar-refractivity contribution is 5.87. The summed E-state index contributed by atoms with van der Waals surface area (Å²) in [4.78, 5) is 34.8. The van der Waals surface area contributed by atoms with Crippen molar-refractivity contribution < 1.29 is 19.4 Å². The maximum atomic E-state index is 13.4. The van der Waals surface area contributed by atoms with E-state index in [2.05, 4.69) is 14.8 Å². The number of aromatic nitrogens is 1. The van der Waals surface area contributed by atoms with Crippen LogP contribution in [0.2, 0.25) is 0 Å². The molecule has 158 valence electrons. The number of hydrogen-bond acceptors (Lipinski definition) is 5. The summed E-state index contributed by atoms with van der Waals surface area (Å²) < 4.78 is 5.46. The molecule has 8 nitrogen and oxygen atoms in total. The molecule has 1 spiro atoms. The van der Waals surface area contributed by atoms with Crippen molar-refractivity contribution in [2.24, 2.45) is 5.41 Å². The maximum absolute atomic E-state index is 13.4. The SMILES string of the molecule is CCN(C(=O)O)c1ccc(N2CCC[C@]3(CCN(C4CCOCC4)C3=O)C2)nc1. The average Bonchev–Trinajstić information content (AvgIpc) is 3.05. The monoisotopic (exact) mass is 402 g/mol. The van der Waals surface area contributed by atoms with E-state index in [1.807, 2.05) is 6.07 Å². The van der Waals surface area contributed by atoms with E-state index in [0.29, 0.717) is 30.7 Å². The van der Waals surface area contributed by atoms with Crippen molar-refractivity contribution in [2.75, 3.05) is 49.2 Å². The number of carbonyl (C=O) groups is 2. The van der Waals surface area contributed by atoms with E-state index in [4.69, 9.17) is 4.74 Å². The molecule has 3 fully saturated rings. The highest BCUT2D eigenvalue weighted by Gasteiger charge is 2.50. The third-order valence-electron chi connectivity index (χ3n) is 6.67. The first-order valence-electron chi connectivity index (χ1n) is 10.6. The molecule has 1 aromatic heterocycles. The van der Waals surface area contributed by atoms with Gasteiger partial charge in [-0.2, -0.15) is 0 Å². The second-order valence-corrected chi connectivity index (χ2v) is 8.30. The first-order valence-corrected chi connectivity index (χ1v) is 10.6. The molecule has 1 aromatic rings. The molecule has 0 aliphatic carbocycles. The molecule has 1 atom stereocenters. The van der Waals surface area contributed by atoms with Crippen molar-refractivity contribution in [3.8, 4) is 0 Å². The number of amides is 2. The van der Waals surface area contributed by atoms with Crippen LogP contribution in [0.3, 0.4) is 0 Å². The van der Waals surface area contributed by atoms with Gasteiger partial charge in [-0.1, -0.05) is 0 Å². The van der Waals surface area contributed by atoms with Crippen LogP contribution < -0.4 is 9.80 Å². The Hall–Kier alpha value is -2.35. The summed E-state index contributed by atoms with van der Waals surface area (Å²) >= 11 is 0. The summed E-state index contributed by atoms with van der Waals surface area (Å²) in [5.74, 6) is 1.11. The molecule has 3 aliphatic heterocycles. The molecule has 3 aliphatic rings. The van der Waals surface area contributed by atoms with Crippen LogP contribution in [0.15, 0.2) is 18.3 Å². The van der Waals surface area contributed by atoms with Crippen molar-refractivity contribution in [3.05, 3.63) is 18.3 Å². The lowest BCUT2D eigenvalue weighted by atomic mass is 9.78. The number of hydrogen-bond donors (Lipinski definition) is 1. The Morgan fingerprint density at radius 1 is 1.31 bits per heavy atom. The van der Waals surface area contributed by atoms with Gasteiger partial charge in [0.15, 0.2) is 0 Å². The van der Waals surface area contributed by atoms with Gasteiger partial charge < -0.3 is 19.6 Å². The van der Waals surface area contributed by atoms with Crippen molar-refractivity contribution in [3.63, 3.8) is 0 Å². The quantitative estimate of drug-likeness (QED) is 0.833. The summed E-state index contributed by atoms with van der Waals surface area (Å²) in [5, 5.41) is 9.28. The fraction of sp³-hybridized carbons (Fsp3) is 0.667. The predicted molar refractivity (Wildman–Crippen MR) is 109 cm³/mol. The zero-order valence-corrected chi connectivity index (χ0v) is 17.0. The van der Waals surface area contributed by atoms with Crippen LogP contribution in [0.25, 0.3) is 0 Å². The molecule has 0 radical (unpaired) electrons. The summed E-state index contributed by atoms with van der Waals surface area (Å²) in [6, 6.07) is 3.99. The highest BCUT2D eigenvalue weighted by atomic mass is 16.5. The predicted octanol–water partition coefficient (Wildman–Crippen LogP) is 2.58. The molecule has 4 rings (SSSR count). The number of piperidine rings is 1.